The molecule has 0 spiro atoms. The van der Waals surface area contributed by atoms with Gasteiger partial charge in [0.15, 0.2) is 18.4 Å². The summed E-state index contributed by atoms with van der Waals surface area (Å²) in [4.78, 5) is 15.3. The van der Waals surface area contributed by atoms with Crippen LogP contribution in [0.4, 0.5) is 0 Å². The molecule has 4 rings (SSSR count). The average Bonchev–Trinajstić information content (AvgIpc) is 3.24. The maximum atomic E-state index is 12.5. The van der Waals surface area contributed by atoms with E-state index in [2.05, 4.69) is 4.98 Å². The Bertz CT molecular complexity index is 1020. The maximum Gasteiger partial charge on any atom is 0.346 e. The minimum absolute atomic E-state index is 0.0478. The van der Waals surface area contributed by atoms with Gasteiger partial charge in [-0.25, -0.2) is 9.78 Å². The number of aliphatic hydroxyl groups is 1. The average molecular weight is 373 g/mol. The van der Waals surface area contributed by atoms with Crippen LogP contribution in [-0.4, -0.2) is 21.2 Å². The Kier molecular flexibility index (Phi) is 3.71. The highest BCUT2D eigenvalue weighted by Crippen LogP contribution is 2.39. The highest BCUT2D eigenvalue weighted by molar-refractivity contribution is 6.31. The van der Waals surface area contributed by atoms with Crippen LogP contribution >= 0.6 is 11.6 Å². The van der Waals surface area contributed by atoms with Crippen LogP contribution in [0.2, 0.25) is 5.02 Å². The molecular formula is C18H13ClN2O5. The number of aryl methyl sites for hydroxylation is 1. The van der Waals surface area contributed by atoms with Gasteiger partial charge in [-0.3, -0.25) is 0 Å². The van der Waals surface area contributed by atoms with Crippen LogP contribution < -0.4 is 4.73 Å². The Morgan fingerprint density at radius 1 is 1.35 bits per heavy atom. The largest absolute Gasteiger partial charge is 0.618 e. The summed E-state index contributed by atoms with van der Waals surface area (Å²) in [6.07, 6.45) is 4.33. The minimum atomic E-state index is -2.17. The van der Waals surface area contributed by atoms with E-state index >= 15 is 0 Å². The first-order valence-electron chi connectivity index (χ1n) is 7.81. The number of nitrogens with zero attached hydrogens (tertiary/aromatic N) is 2. The normalized spacial score (nSPS) is 18.7. The summed E-state index contributed by atoms with van der Waals surface area (Å²) in [5.41, 5.74) is 0.0634. The van der Waals surface area contributed by atoms with E-state index in [9.17, 15) is 20.2 Å². The molecule has 0 saturated heterocycles. The molecule has 0 fully saturated rings. The highest BCUT2D eigenvalue weighted by atomic mass is 35.5. The maximum absolute atomic E-state index is 12.5. The van der Waals surface area contributed by atoms with Crippen molar-refractivity contribution < 1.29 is 24.2 Å². The van der Waals surface area contributed by atoms with Crippen LogP contribution in [-0.2, 0) is 16.8 Å². The lowest BCUT2D eigenvalue weighted by atomic mass is 9.97. The van der Waals surface area contributed by atoms with Gasteiger partial charge in [0.1, 0.15) is 0 Å². The molecule has 7 nitrogen and oxygen atoms in total. The van der Waals surface area contributed by atoms with Crippen molar-refractivity contribution in [3.63, 3.8) is 0 Å². The molecule has 0 bridgehead atoms. The molecule has 0 amide bonds. The molecule has 8 heteroatoms. The molecule has 1 aromatic carbocycles. The van der Waals surface area contributed by atoms with Crippen LogP contribution in [0, 0.1) is 5.21 Å². The van der Waals surface area contributed by atoms with E-state index in [0.717, 1.165) is 0 Å². The first-order chi connectivity index (χ1) is 12.4. The number of pyridine rings is 1. The topological polar surface area (TPSA) is 110 Å². The number of rotatable bonds is 3. The summed E-state index contributed by atoms with van der Waals surface area (Å²) in [6, 6.07) is 6.86. The molecule has 2 aromatic heterocycles. The molecule has 0 saturated carbocycles. The van der Waals surface area contributed by atoms with Crippen molar-refractivity contribution in [2.24, 2.45) is 0 Å². The van der Waals surface area contributed by atoms with Gasteiger partial charge in [-0.15, -0.1) is 0 Å². The number of benzene rings is 1. The zero-order chi connectivity index (χ0) is 18.5. The van der Waals surface area contributed by atoms with Crippen molar-refractivity contribution in [2.75, 3.05) is 0 Å². The summed E-state index contributed by atoms with van der Waals surface area (Å²) in [5, 5.41) is 32.7. The monoisotopic (exact) mass is 372 g/mol. The number of hydrogen-bond donors (Lipinski definition) is 2. The second kappa shape index (κ2) is 5.82. The highest BCUT2D eigenvalue weighted by Gasteiger charge is 2.51. The molecule has 2 heterocycles. The summed E-state index contributed by atoms with van der Waals surface area (Å²) in [6.45, 7) is 0. The van der Waals surface area contributed by atoms with E-state index in [1.54, 1.807) is 30.5 Å². The molecule has 132 valence electrons. The van der Waals surface area contributed by atoms with Gasteiger partial charge >= 0.3 is 5.97 Å². The molecule has 2 N–H and O–H groups in total. The van der Waals surface area contributed by atoms with Gasteiger partial charge < -0.3 is 19.8 Å². The molecule has 0 aliphatic heterocycles. The fourth-order valence-corrected chi connectivity index (χ4v) is 3.54. The third-order valence-corrected chi connectivity index (χ3v) is 4.84. The number of hydrogen-bond acceptors (Lipinski definition) is 5. The number of fused-ring (bicyclic) bond motifs is 1. The lowest BCUT2D eigenvalue weighted by Gasteiger charge is -2.17. The van der Waals surface area contributed by atoms with Gasteiger partial charge in [-0.1, -0.05) is 11.6 Å². The standard InChI is InChI=1S/C18H13ClN2O5/c19-12-1-2-13(15-7-20-9-26-15)14(6-12)11-5-10-3-4-18(24,17(22)23)16(10)21(25)8-11/h1-2,5-9,24H,3-4H2,(H,22,23). The van der Waals surface area contributed by atoms with Crippen molar-refractivity contribution >= 4 is 17.6 Å². The Balaban J connectivity index is 1.91. The second-order valence-corrected chi connectivity index (χ2v) is 6.59. The Morgan fingerprint density at radius 3 is 2.85 bits per heavy atom. The van der Waals surface area contributed by atoms with Crippen LogP contribution in [0.25, 0.3) is 22.5 Å². The van der Waals surface area contributed by atoms with E-state index in [1.807, 2.05) is 0 Å². The van der Waals surface area contributed by atoms with Crippen LogP contribution in [0.1, 0.15) is 17.7 Å². The molecule has 0 radical (unpaired) electrons. The number of oxazole rings is 1. The minimum Gasteiger partial charge on any atom is -0.618 e. The Hall–Kier alpha value is -2.90. The number of aliphatic carboxylic acids is 1. The van der Waals surface area contributed by atoms with Crippen LogP contribution in [0.3, 0.4) is 0 Å². The summed E-state index contributed by atoms with van der Waals surface area (Å²) in [7, 11) is 0. The van der Waals surface area contributed by atoms with E-state index in [0.29, 0.717) is 37.8 Å². The molecule has 26 heavy (non-hydrogen) atoms. The number of carboxylic acids is 1. The van der Waals surface area contributed by atoms with E-state index in [1.165, 1.54) is 12.6 Å². The first kappa shape index (κ1) is 16.6. The van der Waals surface area contributed by atoms with Crippen molar-refractivity contribution in [3.05, 3.63) is 64.5 Å². The SMILES string of the molecule is O=C(O)C1(O)CCc2cc(-c3cc(Cl)ccc3-c3cnco3)c[n+]([O-])c21. The van der Waals surface area contributed by atoms with Crippen molar-refractivity contribution in [3.8, 4) is 22.5 Å². The summed E-state index contributed by atoms with van der Waals surface area (Å²) < 4.78 is 5.78. The third-order valence-electron chi connectivity index (χ3n) is 4.60. The Labute approximate surface area is 152 Å². The van der Waals surface area contributed by atoms with Gasteiger partial charge in [0, 0.05) is 33.7 Å². The molecular weight excluding hydrogens is 360 g/mol. The predicted molar refractivity (Wildman–Crippen MR) is 91.2 cm³/mol. The van der Waals surface area contributed by atoms with Crippen molar-refractivity contribution in [1.82, 2.24) is 4.98 Å². The summed E-state index contributed by atoms with van der Waals surface area (Å²) in [5.74, 6) is -0.921. The fraction of sp³-hybridized carbons (Fsp3) is 0.167. The van der Waals surface area contributed by atoms with Gasteiger partial charge in [0.25, 0.3) is 0 Å². The number of aromatic nitrogens is 2. The third kappa shape index (κ3) is 2.44. The Morgan fingerprint density at radius 2 is 2.15 bits per heavy atom. The van der Waals surface area contributed by atoms with Gasteiger partial charge in [0.2, 0.25) is 11.3 Å². The number of carboxylic acid groups (broad SMARTS) is 1. The zero-order valence-corrected chi connectivity index (χ0v) is 14.1. The quantitative estimate of drug-likeness (QED) is 0.540. The van der Waals surface area contributed by atoms with Crippen molar-refractivity contribution in [2.45, 2.75) is 18.4 Å². The van der Waals surface area contributed by atoms with Gasteiger partial charge in [-0.2, -0.15) is 4.73 Å². The predicted octanol–water partition coefficient (Wildman–Crippen LogP) is 2.51. The van der Waals surface area contributed by atoms with E-state index in [-0.39, 0.29) is 18.5 Å². The first-order valence-corrected chi connectivity index (χ1v) is 8.19. The lowest BCUT2D eigenvalue weighted by Crippen LogP contribution is -2.45. The van der Waals surface area contributed by atoms with Gasteiger partial charge in [0.05, 0.1) is 6.20 Å². The van der Waals surface area contributed by atoms with E-state index in [4.69, 9.17) is 16.0 Å². The molecule has 3 aromatic rings. The van der Waals surface area contributed by atoms with Crippen LogP contribution in [0.5, 0.6) is 0 Å². The molecule has 1 aliphatic rings. The number of halogens is 1. The summed E-state index contributed by atoms with van der Waals surface area (Å²) >= 11 is 6.12. The molecule has 1 unspecified atom stereocenters. The molecule has 1 atom stereocenters. The number of carbonyl (C=O) groups is 1. The fourth-order valence-electron chi connectivity index (χ4n) is 3.37. The molecule has 1 aliphatic carbocycles. The van der Waals surface area contributed by atoms with E-state index < -0.39 is 11.6 Å². The lowest BCUT2D eigenvalue weighted by molar-refractivity contribution is -0.620. The van der Waals surface area contributed by atoms with Gasteiger partial charge in [-0.05, 0) is 30.7 Å². The van der Waals surface area contributed by atoms with Crippen LogP contribution in [0.15, 0.2) is 47.5 Å². The second-order valence-electron chi connectivity index (χ2n) is 6.15. The smallest absolute Gasteiger partial charge is 0.346 e. The van der Waals surface area contributed by atoms with Crippen molar-refractivity contribution in [1.29, 1.82) is 0 Å². The zero-order valence-electron chi connectivity index (χ0n) is 13.3.